The summed E-state index contributed by atoms with van der Waals surface area (Å²) in [6.45, 7) is 0. The second-order valence-electron chi connectivity index (χ2n) is 4.92. The van der Waals surface area contributed by atoms with E-state index in [4.69, 9.17) is 4.74 Å². The molecule has 0 aliphatic heterocycles. The number of aromatic nitrogens is 2. The van der Waals surface area contributed by atoms with Crippen LogP contribution in [0.4, 0.5) is 4.79 Å². The molecule has 130 valence electrons. The zero-order valence-corrected chi connectivity index (χ0v) is 16.8. The van der Waals surface area contributed by atoms with Crippen molar-refractivity contribution in [3.8, 4) is 5.88 Å². The molecule has 0 aliphatic rings. The van der Waals surface area contributed by atoms with Gasteiger partial charge in [-0.05, 0) is 5.56 Å². The van der Waals surface area contributed by atoms with E-state index in [2.05, 4.69) is 4.74 Å². The van der Waals surface area contributed by atoms with E-state index in [9.17, 15) is 22.6 Å². The van der Waals surface area contributed by atoms with Crippen LogP contribution in [0.5, 0.6) is 5.88 Å². The van der Waals surface area contributed by atoms with Crippen LogP contribution in [0.25, 0.3) is 0 Å². The molecule has 0 saturated heterocycles. The minimum Gasteiger partial charge on any atom is -0.747 e. The maximum Gasteiger partial charge on any atom is 1.00 e. The van der Waals surface area contributed by atoms with Crippen LogP contribution >= 0.6 is 0 Å². The Bertz CT molecular complexity index is 903. The second kappa shape index (κ2) is 8.68. The van der Waals surface area contributed by atoms with Crippen LogP contribution in [-0.4, -0.2) is 35.6 Å². The summed E-state index contributed by atoms with van der Waals surface area (Å²) in [6.07, 6.45) is -0.979. The average molecular weight is 378 g/mol. The predicted molar refractivity (Wildman–Crippen MR) is 81.7 cm³/mol. The number of carbonyl (C=O) groups is 1. The third-order valence-electron chi connectivity index (χ3n) is 3.26. The summed E-state index contributed by atoms with van der Waals surface area (Å²) in [5.41, 5.74) is 0.0458. The fourth-order valence-electron chi connectivity index (χ4n) is 2.18. The molecule has 0 amide bonds. The first-order chi connectivity index (χ1) is 11.2. The Balaban J connectivity index is 0.00000312. The molecule has 0 aliphatic carbocycles. The monoisotopic (exact) mass is 378 g/mol. The minimum absolute atomic E-state index is 0. The molecular weight excluding hydrogens is 363 g/mol. The second-order valence-corrected chi connectivity index (χ2v) is 6.29. The first-order valence-electron chi connectivity index (χ1n) is 6.75. The van der Waals surface area contributed by atoms with Crippen molar-refractivity contribution in [1.82, 2.24) is 9.36 Å². The molecule has 25 heavy (non-hydrogen) atoms. The van der Waals surface area contributed by atoms with Crippen molar-refractivity contribution < 1.29 is 56.8 Å². The maximum absolute atomic E-state index is 12.5. The van der Waals surface area contributed by atoms with Crippen molar-refractivity contribution >= 4 is 16.3 Å². The summed E-state index contributed by atoms with van der Waals surface area (Å²) in [4.78, 5) is 23.9. The van der Waals surface area contributed by atoms with Gasteiger partial charge in [0.1, 0.15) is 16.0 Å². The largest absolute Gasteiger partial charge is 1.00 e. The molecule has 0 fully saturated rings. The first kappa shape index (κ1) is 21.5. The number of hydrogen-bond donors (Lipinski definition) is 0. The van der Waals surface area contributed by atoms with E-state index in [1.54, 1.807) is 30.3 Å². The molecule has 0 atom stereocenters. The summed E-state index contributed by atoms with van der Waals surface area (Å²) in [7, 11) is -2.31. The molecule has 9 nitrogen and oxygen atoms in total. The van der Waals surface area contributed by atoms with E-state index in [1.165, 1.54) is 7.05 Å². The van der Waals surface area contributed by atoms with Crippen molar-refractivity contribution in [3.63, 3.8) is 0 Å². The SMILES string of the molecule is COC(=O)Oc1c(Cc2ccccc2)c(=O)n(CS(=O)(=O)[O-])n1C.[Na+]. The quantitative estimate of drug-likeness (QED) is 0.319. The summed E-state index contributed by atoms with van der Waals surface area (Å²) in [6, 6.07) is 8.83. The Labute approximate surface area is 166 Å². The topological polar surface area (TPSA) is 120 Å². The first-order valence-corrected chi connectivity index (χ1v) is 8.32. The molecule has 0 N–H and O–H groups in total. The Kier molecular flexibility index (Phi) is 7.44. The van der Waals surface area contributed by atoms with Crippen molar-refractivity contribution in [3.05, 3.63) is 51.8 Å². The van der Waals surface area contributed by atoms with Gasteiger partial charge in [0.05, 0.1) is 12.7 Å². The molecule has 0 radical (unpaired) electrons. The summed E-state index contributed by atoms with van der Waals surface area (Å²) < 4.78 is 44.1. The van der Waals surface area contributed by atoms with Gasteiger partial charge in [0.25, 0.3) is 5.56 Å². The van der Waals surface area contributed by atoms with Gasteiger partial charge in [-0.25, -0.2) is 17.9 Å². The Morgan fingerprint density at radius 2 is 1.84 bits per heavy atom. The van der Waals surface area contributed by atoms with Crippen molar-refractivity contribution in [1.29, 1.82) is 0 Å². The van der Waals surface area contributed by atoms with E-state index in [1.807, 2.05) is 0 Å². The molecule has 0 spiro atoms. The fraction of sp³-hybridized carbons (Fsp3) is 0.286. The van der Waals surface area contributed by atoms with Crippen LogP contribution < -0.4 is 39.9 Å². The van der Waals surface area contributed by atoms with Gasteiger partial charge in [-0.15, -0.1) is 0 Å². The molecular formula is C14H15N2NaO7S. The molecule has 1 heterocycles. The van der Waals surface area contributed by atoms with Crippen LogP contribution in [0.2, 0.25) is 0 Å². The van der Waals surface area contributed by atoms with Gasteiger partial charge < -0.3 is 14.0 Å². The molecule has 2 rings (SSSR count). The van der Waals surface area contributed by atoms with E-state index in [-0.39, 0.29) is 47.4 Å². The summed E-state index contributed by atoms with van der Waals surface area (Å²) in [5.74, 6) is -1.26. The zero-order valence-electron chi connectivity index (χ0n) is 14.0. The van der Waals surface area contributed by atoms with Crippen LogP contribution in [0.15, 0.2) is 35.1 Å². The van der Waals surface area contributed by atoms with E-state index in [0.29, 0.717) is 4.68 Å². The minimum atomic E-state index is -4.71. The molecule has 0 unspecified atom stereocenters. The molecule has 1 aromatic carbocycles. The molecule has 0 saturated carbocycles. The molecule has 0 bridgehead atoms. The number of methoxy groups -OCH3 is 1. The predicted octanol–water partition coefficient (Wildman–Crippen LogP) is -2.57. The van der Waals surface area contributed by atoms with E-state index >= 15 is 0 Å². The maximum atomic E-state index is 12.5. The van der Waals surface area contributed by atoms with Crippen molar-refractivity contribution in [2.75, 3.05) is 7.11 Å². The summed E-state index contributed by atoms with van der Waals surface area (Å²) >= 11 is 0. The molecule has 1 aromatic heterocycles. The van der Waals surface area contributed by atoms with Gasteiger partial charge in [0, 0.05) is 13.5 Å². The molecule has 2 aromatic rings. The number of ether oxygens (including phenoxy) is 2. The van der Waals surface area contributed by atoms with E-state index < -0.39 is 27.7 Å². The normalized spacial score (nSPS) is 10.8. The summed E-state index contributed by atoms with van der Waals surface area (Å²) in [5, 5.41) is 0. The number of benzene rings is 1. The molecule has 11 heteroatoms. The van der Waals surface area contributed by atoms with Crippen molar-refractivity contribution in [2.24, 2.45) is 7.05 Å². The Morgan fingerprint density at radius 1 is 1.24 bits per heavy atom. The van der Waals surface area contributed by atoms with Gasteiger partial charge in [-0.2, -0.15) is 0 Å². The van der Waals surface area contributed by atoms with Gasteiger partial charge in [-0.3, -0.25) is 9.48 Å². The smallest absolute Gasteiger partial charge is 0.747 e. The number of hydrogen-bond acceptors (Lipinski definition) is 7. The third kappa shape index (κ3) is 5.44. The zero-order chi connectivity index (χ0) is 17.9. The Morgan fingerprint density at radius 3 is 2.36 bits per heavy atom. The van der Waals surface area contributed by atoms with Crippen LogP contribution in [0, 0.1) is 0 Å². The number of nitrogens with zero attached hydrogens (tertiary/aromatic N) is 2. The average Bonchev–Trinajstić information content (AvgIpc) is 2.72. The van der Waals surface area contributed by atoms with Gasteiger partial charge in [0.15, 0.2) is 0 Å². The third-order valence-corrected chi connectivity index (χ3v) is 3.82. The van der Waals surface area contributed by atoms with Crippen LogP contribution in [0.1, 0.15) is 11.1 Å². The van der Waals surface area contributed by atoms with E-state index in [0.717, 1.165) is 17.4 Å². The van der Waals surface area contributed by atoms with Gasteiger partial charge >= 0.3 is 35.7 Å². The van der Waals surface area contributed by atoms with Crippen LogP contribution in [0.3, 0.4) is 0 Å². The van der Waals surface area contributed by atoms with Crippen molar-refractivity contribution in [2.45, 2.75) is 12.3 Å². The van der Waals surface area contributed by atoms with Crippen LogP contribution in [-0.2, 0) is 34.2 Å². The Hall–Kier alpha value is -1.59. The van der Waals surface area contributed by atoms with Gasteiger partial charge in [-0.1, -0.05) is 30.3 Å². The number of rotatable bonds is 5. The number of carbonyl (C=O) groups excluding carboxylic acids is 1. The standard InChI is InChI=1S/C14H16N2O7S.Na/c1-15-13(23-14(18)22-2)11(8-10-6-4-3-5-7-10)12(17)16(15)9-24(19,20)21;/h3-7H,8-9H2,1-2H3,(H,19,20,21);/q;+1/p-1. The van der Waals surface area contributed by atoms with Gasteiger partial charge in [0.2, 0.25) is 5.88 Å². The fourth-order valence-corrected chi connectivity index (χ4v) is 2.77.